The molecule has 1 saturated carbocycles. The van der Waals surface area contributed by atoms with Gasteiger partial charge in [-0.05, 0) is 48.9 Å². The van der Waals surface area contributed by atoms with E-state index in [0.717, 1.165) is 46.5 Å². The normalized spacial score (nSPS) is 16.7. The van der Waals surface area contributed by atoms with Gasteiger partial charge in [-0.1, -0.05) is 42.8 Å². The summed E-state index contributed by atoms with van der Waals surface area (Å²) < 4.78 is 8.08. The molecule has 5 rings (SSSR count). The van der Waals surface area contributed by atoms with E-state index in [9.17, 15) is 4.79 Å². The summed E-state index contributed by atoms with van der Waals surface area (Å²) in [5.74, 6) is 0.836. The summed E-state index contributed by atoms with van der Waals surface area (Å²) in [7, 11) is 1.92. The molecule has 1 aliphatic carbocycles. The molecule has 1 amide bonds. The average Bonchev–Trinajstić information content (AvgIpc) is 3.33. The summed E-state index contributed by atoms with van der Waals surface area (Å²) in [4.78, 5) is 15.1. The van der Waals surface area contributed by atoms with Crippen molar-refractivity contribution in [2.24, 2.45) is 7.05 Å². The van der Waals surface area contributed by atoms with Gasteiger partial charge in [0.1, 0.15) is 5.75 Å². The molecule has 2 heterocycles. The van der Waals surface area contributed by atoms with Gasteiger partial charge in [-0.3, -0.25) is 9.48 Å². The first-order valence-corrected chi connectivity index (χ1v) is 10.8. The first kappa shape index (κ1) is 18.9. The van der Waals surface area contributed by atoms with Crippen molar-refractivity contribution in [1.29, 1.82) is 0 Å². The lowest BCUT2D eigenvalue weighted by Gasteiger charge is -2.24. The first-order valence-electron chi connectivity index (χ1n) is 10.8. The molecule has 0 radical (unpaired) electrons. The molecule has 0 atom stereocenters. The smallest absolute Gasteiger partial charge is 0.258 e. The second-order valence-electron chi connectivity index (χ2n) is 8.40. The van der Waals surface area contributed by atoms with E-state index in [4.69, 9.17) is 4.74 Å². The highest BCUT2D eigenvalue weighted by molar-refractivity contribution is 6.01. The molecule has 5 heteroatoms. The summed E-state index contributed by atoms with van der Waals surface area (Å²) in [6.45, 7) is 1.23. The van der Waals surface area contributed by atoms with E-state index >= 15 is 0 Å². The highest BCUT2D eigenvalue weighted by atomic mass is 16.5. The molecule has 154 valence electrons. The van der Waals surface area contributed by atoms with Crippen LogP contribution in [0, 0.1) is 0 Å². The van der Waals surface area contributed by atoms with E-state index in [1.54, 1.807) is 4.68 Å². The summed E-state index contributed by atoms with van der Waals surface area (Å²) in [6, 6.07) is 16.3. The largest absolute Gasteiger partial charge is 0.490 e. The Labute approximate surface area is 177 Å². The molecule has 3 aromatic rings. The SMILES string of the molecule is Cn1ccc(-c2ccc(CN3Cc4cccc(OC5CCCCC5)c4C3=O)cc2)n1. The van der Waals surface area contributed by atoms with Crippen molar-refractivity contribution in [1.82, 2.24) is 14.7 Å². The lowest BCUT2D eigenvalue weighted by Crippen LogP contribution is -2.24. The lowest BCUT2D eigenvalue weighted by molar-refractivity contribution is 0.0759. The van der Waals surface area contributed by atoms with E-state index in [2.05, 4.69) is 29.4 Å². The molecule has 0 bridgehead atoms. The first-order chi connectivity index (χ1) is 14.7. The molecule has 0 N–H and O–H groups in total. The van der Waals surface area contributed by atoms with Crippen LogP contribution >= 0.6 is 0 Å². The van der Waals surface area contributed by atoms with Gasteiger partial charge in [0.25, 0.3) is 5.91 Å². The van der Waals surface area contributed by atoms with Crippen LogP contribution in [-0.4, -0.2) is 26.7 Å². The number of rotatable bonds is 5. The highest BCUT2D eigenvalue weighted by Crippen LogP contribution is 2.34. The van der Waals surface area contributed by atoms with E-state index in [1.165, 1.54) is 19.3 Å². The van der Waals surface area contributed by atoms with Crippen LogP contribution in [0.15, 0.2) is 54.7 Å². The number of fused-ring (bicyclic) bond motifs is 1. The molecular weight excluding hydrogens is 374 g/mol. The molecule has 30 heavy (non-hydrogen) atoms. The van der Waals surface area contributed by atoms with Gasteiger partial charge in [0.2, 0.25) is 0 Å². The minimum atomic E-state index is 0.0743. The second kappa shape index (κ2) is 7.98. The third-order valence-corrected chi connectivity index (χ3v) is 6.16. The van der Waals surface area contributed by atoms with Gasteiger partial charge in [-0.25, -0.2) is 0 Å². The Morgan fingerprint density at radius 2 is 1.83 bits per heavy atom. The standard InChI is InChI=1S/C25H27N3O2/c1-27-15-14-22(26-27)19-12-10-18(11-13-19)16-28-17-20-6-5-9-23(24(20)25(28)29)30-21-7-3-2-4-8-21/h5-6,9-15,21H,2-4,7-8,16-17H2,1H3. The fourth-order valence-corrected chi connectivity index (χ4v) is 4.55. The molecule has 0 unspecified atom stereocenters. The topological polar surface area (TPSA) is 47.4 Å². The van der Waals surface area contributed by atoms with Crippen LogP contribution in [0.5, 0.6) is 5.75 Å². The maximum Gasteiger partial charge on any atom is 0.258 e. The van der Waals surface area contributed by atoms with Gasteiger partial charge in [0, 0.05) is 31.9 Å². The summed E-state index contributed by atoms with van der Waals surface area (Å²) in [5, 5.41) is 4.45. The van der Waals surface area contributed by atoms with Crippen LogP contribution in [0.4, 0.5) is 0 Å². The Bertz CT molecular complexity index is 1050. The number of hydrogen-bond acceptors (Lipinski definition) is 3. The van der Waals surface area contributed by atoms with Crippen LogP contribution in [0.25, 0.3) is 11.3 Å². The fourth-order valence-electron chi connectivity index (χ4n) is 4.55. The number of ether oxygens (including phenoxy) is 1. The summed E-state index contributed by atoms with van der Waals surface area (Å²) in [6.07, 6.45) is 8.08. The van der Waals surface area contributed by atoms with Gasteiger partial charge < -0.3 is 9.64 Å². The van der Waals surface area contributed by atoms with Crippen LogP contribution in [0.1, 0.15) is 53.6 Å². The zero-order chi connectivity index (χ0) is 20.5. The Hall–Kier alpha value is -3.08. The fraction of sp³-hybridized carbons (Fsp3) is 0.360. The highest BCUT2D eigenvalue weighted by Gasteiger charge is 2.31. The Balaban J connectivity index is 1.30. The third kappa shape index (κ3) is 3.72. The van der Waals surface area contributed by atoms with Crippen LogP contribution in [-0.2, 0) is 20.1 Å². The van der Waals surface area contributed by atoms with Crippen molar-refractivity contribution < 1.29 is 9.53 Å². The number of amides is 1. The molecule has 0 saturated heterocycles. The van der Waals surface area contributed by atoms with Gasteiger partial charge in [-0.2, -0.15) is 5.10 Å². The predicted octanol–water partition coefficient (Wildman–Crippen LogP) is 4.95. The number of nitrogens with zero attached hydrogens (tertiary/aromatic N) is 3. The molecule has 1 aromatic heterocycles. The van der Waals surface area contributed by atoms with Gasteiger partial charge in [-0.15, -0.1) is 0 Å². The number of aromatic nitrogens is 2. The van der Waals surface area contributed by atoms with Gasteiger partial charge >= 0.3 is 0 Å². The second-order valence-corrected chi connectivity index (χ2v) is 8.40. The number of hydrogen-bond donors (Lipinski definition) is 0. The maximum atomic E-state index is 13.2. The molecule has 1 fully saturated rings. The molecular formula is C25H27N3O2. The van der Waals surface area contributed by atoms with Crippen LogP contribution in [0.3, 0.4) is 0 Å². The molecule has 2 aromatic carbocycles. The zero-order valence-electron chi connectivity index (χ0n) is 17.4. The monoisotopic (exact) mass is 401 g/mol. The Morgan fingerprint density at radius 1 is 1.03 bits per heavy atom. The number of carbonyl (C=O) groups excluding carboxylic acids is 1. The van der Waals surface area contributed by atoms with Gasteiger partial charge in [0.15, 0.2) is 0 Å². The average molecular weight is 402 g/mol. The summed E-state index contributed by atoms with van der Waals surface area (Å²) in [5.41, 5.74) is 4.98. The van der Waals surface area contributed by atoms with E-state index in [0.29, 0.717) is 13.1 Å². The van der Waals surface area contributed by atoms with E-state index < -0.39 is 0 Å². The zero-order valence-corrected chi connectivity index (χ0v) is 17.4. The van der Waals surface area contributed by atoms with E-state index in [-0.39, 0.29) is 12.0 Å². The van der Waals surface area contributed by atoms with Gasteiger partial charge in [0.05, 0.1) is 17.4 Å². The van der Waals surface area contributed by atoms with Crippen molar-refractivity contribution in [2.45, 2.75) is 51.3 Å². The minimum Gasteiger partial charge on any atom is -0.490 e. The summed E-state index contributed by atoms with van der Waals surface area (Å²) >= 11 is 0. The molecule has 0 spiro atoms. The molecule has 5 nitrogen and oxygen atoms in total. The molecule has 2 aliphatic rings. The quantitative estimate of drug-likeness (QED) is 0.607. The van der Waals surface area contributed by atoms with Crippen molar-refractivity contribution in [3.63, 3.8) is 0 Å². The van der Waals surface area contributed by atoms with E-state index in [1.807, 2.05) is 42.4 Å². The minimum absolute atomic E-state index is 0.0743. The van der Waals surface area contributed by atoms with Crippen molar-refractivity contribution in [3.8, 4) is 17.0 Å². The maximum absolute atomic E-state index is 13.2. The Morgan fingerprint density at radius 3 is 2.57 bits per heavy atom. The lowest BCUT2D eigenvalue weighted by atomic mass is 9.97. The van der Waals surface area contributed by atoms with Crippen molar-refractivity contribution in [2.75, 3.05) is 0 Å². The van der Waals surface area contributed by atoms with Crippen molar-refractivity contribution >= 4 is 5.91 Å². The molecule has 1 aliphatic heterocycles. The van der Waals surface area contributed by atoms with Crippen molar-refractivity contribution in [3.05, 3.63) is 71.4 Å². The third-order valence-electron chi connectivity index (χ3n) is 6.16. The number of benzene rings is 2. The predicted molar refractivity (Wildman–Crippen MR) is 116 cm³/mol. The van der Waals surface area contributed by atoms with Crippen LogP contribution in [0.2, 0.25) is 0 Å². The Kier molecular flexibility index (Phi) is 5.03. The number of carbonyl (C=O) groups is 1. The number of aryl methyl sites for hydroxylation is 1. The van der Waals surface area contributed by atoms with Crippen LogP contribution < -0.4 is 4.74 Å².